The van der Waals surface area contributed by atoms with Crippen LogP contribution in [0.5, 0.6) is 0 Å². The summed E-state index contributed by atoms with van der Waals surface area (Å²) in [5.41, 5.74) is 0. The first kappa shape index (κ1) is 37.6. The Morgan fingerprint density at radius 3 is 1.34 bits per heavy atom. The van der Waals surface area contributed by atoms with Crippen LogP contribution in [0, 0.1) is 5.92 Å². The molecule has 7 nitrogen and oxygen atoms in total. The molecule has 2 unspecified atom stereocenters. The van der Waals surface area contributed by atoms with Crippen molar-refractivity contribution in [2.45, 2.75) is 147 Å². The average Bonchev–Trinajstić information content (AvgIpc) is 2.76. The zero-order valence-electron chi connectivity index (χ0n) is 23.6. The van der Waals surface area contributed by atoms with Crippen LogP contribution in [-0.4, -0.2) is 39.9 Å². The molecule has 0 aliphatic heterocycles. The smallest absolute Gasteiger partial charge is 1.00 e. The number of carbonyl (C=O) groups is 2. The van der Waals surface area contributed by atoms with Gasteiger partial charge in [-0.1, -0.05) is 129 Å². The molecule has 0 amide bonds. The Morgan fingerprint density at radius 1 is 0.686 bits per heavy atom. The van der Waals surface area contributed by atoms with E-state index in [4.69, 9.17) is 0 Å². The maximum Gasteiger partial charge on any atom is 1.00 e. The largest absolute Gasteiger partial charge is 1.00 e. The van der Waals surface area contributed by atoms with Crippen molar-refractivity contribution < 1.29 is 85.6 Å². The Morgan fingerprint density at radius 2 is 1.03 bits per heavy atom. The predicted octanol–water partition coefficient (Wildman–Crippen LogP) is 4.36. The van der Waals surface area contributed by atoms with E-state index in [9.17, 15) is 32.8 Å². The normalized spacial score (nSPS) is 14.1. The van der Waals surface area contributed by atoms with Crippen LogP contribution >= 0.6 is 0 Å². The van der Waals surface area contributed by atoms with Crippen molar-refractivity contribution in [2.24, 2.45) is 5.92 Å². The Labute approximate surface area is 258 Å². The molecule has 0 rings (SSSR count). The Kier molecular flexibility index (Phi) is 24.2. The standard InChI is InChI=1S/C26H50O7S.K.H/c1-3-5-7-9-11-13-15-17-19-21-23(24(27)28)26(25(29)30,34(31,32)33)22-20-18-16-14-12-10-8-6-4-2;;/h23H,3-22H2,1-2H3,(H,27,28)(H,29,30)(H,31,32,33);;/q;+1;-1. The van der Waals surface area contributed by atoms with Crippen molar-refractivity contribution in [3.05, 3.63) is 0 Å². The van der Waals surface area contributed by atoms with Crippen LogP contribution in [0.2, 0.25) is 0 Å². The van der Waals surface area contributed by atoms with E-state index >= 15 is 0 Å². The molecule has 0 aliphatic rings. The topological polar surface area (TPSA) is 129 Å². The summed E-state index contributed by atoms with van der Waals surface area (Å²) in [6, 6.07) is 0. The van der Waals surface area contributed by atoms with Crippen LogP contribution < -0.4 is 51.4 Å². The van der Waals surface area contributed by atoms with Crippen molar-refractivity contribution in [1.29, 1.82) is 0 Å². The molecule has 0 spiro atoms. The van der Waals surface area contributed by atoms with Crippen LogP contribution in [0.25, 0.3) is 0 Å². The summed E-state index contributed by atoms with van der Waals surface area (Å²) in [7, 11) is -5.12. The van der Waals surface area contributed by atoms with Crippen LogP contribution in [-0.2, 0) is 19.7 Å². The van der Waals surface area contributed by atoms with E-state index in [0.29, 0.717) is 12.8 Å². The van der Waals surface area contributed by atoms with Gasteiger partial charge in [0.05, 0.1) is 5.92 Å². The van der Waals surface area contributed by atoms with Gasteiger partial charge in [0.2, 0.25) is 4.75 Å². The molecule has 0 saturated heterocycles. The molecule has 0 radical (unpaired) electrons. The zero-order chi connectivity index (χ0) is 25.9. The van der Waals surface area contributed by atoms with Crippen molar-refractivity contribution >= 4 is 22.1 Å². The maximum absolute atomic E-state index is 12.3. The van der Waals surface area contributed by atoms with Gasteiger partial charge in [-0.2, -0.15) is 8.42 Å². The van der Waals surface area contributed by atoms with Gasteiger partial charge in [0.25, 0.3) is 10.1 Å². The van der Waals surface area contributed by atoms with Gasteiger partial charge in [0, 0.05) is 0 Å². The van der Waals surface area contributed by atoms with Gasteiger partial charge in [-0.15, -0.1) is 0 Å². The van der Waals surface area contributed by atoms with Crippen LogP contribution in [0.15, 0.2) is 0 Å². The van der Waals surface area contributed by atoms with Gasteiger partial charge in [0.15, 0.2) is 0 Å². The van der Waals surface area contributed by atoms with Crippen LogP contribution in [0.3, 0.4) is 0 Å². The first-order valence-corrected chi connectivity index (χ1v) is 15.0. The van der Waals surface area contributed by atoms with Crippen molar-refractivity contribution in [3.63, 3.8) is 0 Å². The second-order valence-electron chi connectivity index (χ2n) is 9.76. The Balaban J connectivity index is -0.00000544. The molecule has 204 valence electrons. The first-order chi connectivity index (χ1) is 16.1. The molecule has 0 aliphatic carbocycles. The molecule has 2 atom stereocenters. The van der Waals surface area contributed by atoms with Gasteiger partial charge in [0.1, 0.15) is 0 Å². The minimum absolute atomic E-state index is 0. The monoisotopic (exact) mass is 546 g/mol. The zero-order valence-corrected chi connectivity index (χ0v) is 26.5. The molecule has 0 heterocycles. The fourth-order valence-electron chi connectivity index (χ4n) is 4.76. The molecule has 0 aromatic carbocycles. The summed E-state index contributed by atoms with van der Waals surface area (Å²) in [6.45, 7) is 4.32. The SMILES string of the molecule is CCCCCCCCCCCC(C(=O)O)C(CCCCCCCCCCC)(C(=O)O)S(=O)(=O)O.[H-].[K+]. The number of unbranched alkanes of at least 4 members (excludes halogenated alkanes) is 16. The van der Waals surface area contributed by atoms with Gasteiger partial charge in [-0.05, 0) is 12.8 Å². The third-order valence-electron chi connectivity index (χ3n) is 6.93. The summed E-state index contributed by atoms with van der Waals surface area (Å²) >= 11 is 0. The molecule has 9 heteroatoms. The predicted molar refractivity (Wildman–Crippen MR) is 138 cm³/mol. The fourth-order valence-corrected chi connectivity index (χ4v) is 5.96. The molecule has 0 aromatic heterocycles. The maximum atomic E-state index is 12.3. The number of aliphatic carboxylic acids is 2. The third-order valence-corrected chi connectivity index (χ3v) is 8.52. The first-order valence-electron chi connectivity index (χ1n) is 13.6. The second-order valence-corrected chi connectivity index (χ2v) is 11.4. The molecule has 0 saturated carbocycles. The van der Waals surface area contributed by atoms with Crippen LogP contribution in [0.4, 0.5) is 0 Å². The van der Waals surface area contributed by atoms with Crippen molar-refractivity contribution in [2.75, 3.05) is 0 Å². The number of hydrogen-bond donors (Lipinski definition) is 3. The van der Waals surface area contributed by atoms with Crippen molar-refractivity contribution in [1.82, 2.24) is 0 Å². The minimum atomic E-state index is -5.12. The van der Waals surface area contributed by atoms with E-state index in [-0.39, 0.29) is 72.1 Å². The van der Waals surface area contributed by atoms with Gasteiger partial charge < -0.3 is 11.6 Å². The van der Waals surface area contributed by atoms with E-state index in [2.05, 4.69) is 13.8 Å². The molecule has 0 bridgehead atoms. The fraction of sp³-hybridized carbons (Fsp3) is 0.923. The van der Waals surface area contributed by atoms with Crippen molar-refractivity contribution in [3.8, 4) is 0 Å². The van der Waals surface area contributed by atoms with E-state index in [1.807, 2.05) is 0 Å². The molecular formula is C26H51KO7S. The summed E-state index contributed by atoms with van der Waals surface area (Å²) in [6.07, 6.45) is 17.0. The summed E-state index contributed by atoms with van der Waals surface area (Å²) < 4.78 is 31.8. The number of rotatable bonds is 24. The van der Waals surface area contributed by atoms with Gasteiger partial charge in [-0.25, -0.2) is 0 Å². The quantitative estimate of drug-likeness (QED) is 0.0932. The average molecular weight is 547 g/mol. The number of hydrogen-bond acceptors (Lipinski definition) is 4. The molecule has 0 fully saturated rings. The molecule has 0 aromatic rings. The summed E-state index contributed by atoms with van der Waals surface area (Å²) in [5.74, 6) is -4.91. The number of carboxylic acids is 2. The molecule has 3 N–H and O–H groups in total. The van der Waals surface area contributed by atoms with Crippen LogP contribution in [0.1, 0.15) is 144 Å². The van der Waals surface area contributed by atoms with E-state index < -0.39 is 32.7 Å². The molecule has 35 heavy (non-hydrogen) atoms. The van der Waals surface area contributed by atoms with Gasteiger partial charge in [-0.3, -0.25) is 14.1 Å². The summed E-state index contributed by atoms with van der Waals surface area (Å²) in [5, 5.41) is 19.6. The van der Waals surface area contributed by atoms with Gasteiger partial charge >= 0.3 is 63.3 Å². The molecular weight excluding hydrogens is 495 g/mol. The minimum Gasteiger partial charge on any atom is -1.00 e. The Hall–Kier alpha value is 0.486. The van der Waals surface area contributed by atoms with E-state index in [1.54, 1.807) is 0 Å². The van der Waals surface area contributed by atoms with E-state index in [0.717, 1.165) is 51.4 Å². The second kappa shape index (κ2) is 22.5. The van der Waals surface area contributed by atoms with E-state index in [1.165, 1.54) is 44.9 Å². The summed E-state index contributed by atoms with van der Waals surface area (Å²) in [4.78, 5) is 24.1. The third kappa shape index (κ3) is 15.5. The number of carboxylic acid groups (broad SMARTS) is 2. The Bertz CT molecular complexity index is 661.